The normalized spacial score (nSPS) is 24.7. The number of aliphatic hydroxyl groups is 3. The van der Waals surface area contributed by atoms with E-state index in [2.05, 4.69) is 5.32 Å². The van der Waals surface area contributed by atoms with Crippen LogP contribution in [0.3, 0.4) is 0 Å². The van der Waals surface area contributed by atoms with E-state index in [1.54, 1.807) is 66.7 Å². The minimum absolute atomic E-state index is 0.0359. The Morgan fingerprint density at radius 3 is 2.28 bits per heavy atom. The molecule has 0 saturated carbocycles. The predicted octanol–water partition coefficient (Wildman–Crippen LogP) is 0.969. The zero-order chi connectivity index (χ0) is 43.1. The van der Waals surface area contributed by atoms with Crippen molar-refractivity contribution in [2.24, 2.45) is 17.3 Å². The quantitative estimate of drug-likeness (QED) is 0.113. The molecule has 4 N–H and O–H groups in total. The van der Waals surface area contributed by atoms with Crippen molar-refractivity contribution in [2.45, 2.75) is 130 Å². The van der Waals surface area contributed by atoms with Gasteiger partial charge >= 0.3 is 5.97 Å². The number of hydrogen-bond acceptors (Lipinski definition) is 13. The van der Waals surface area contributed by atoms with Gasteiger partial charge in [0.15, 0.2) is 11.6 Å². The van der Waals surface area contributed by atoms with E-state index in [4.69, 9.17) is 14.2 Å². The van der Waals surface area contributed by atoms with Crippen molar-refractivity contribution in [2.75, 3.05) is 26.4 Å². The summed E-state index contributed by atoms with van der Waals surface area (Å²) >= 11 is 0. The number of likely N-dealkylation sites (tertiary alicyclic amines) is 1. The second-order valence-corrected chi connectivity index (χ2v) is 16.8. The van der Waals surface area contributed by atoms with Gasteiger partial charge in [0.1, 0.15) is 31.0 Å². The summed E-state index contributed by atoms with van der Waals surface area (Å²) in [6.45, 7) is 12.0. The molecule has 2 saturated heterocycles. The Bertz CT molecular complexity index is 1720. The largest absolute Gasteiger partial charge is 0.460 e. The molecule has 0 aliphatic carbocycles. The van der Waals surface area contributed by atoms with Gasteiger partial charge in [-0.2, -0.15) is 0 Å². The summed E-state index contributed by atoms with van der Waals surface area (Å²) in [5.41, 5.74) is 1.29. The van der Waals surface area contributed by atoms with E-state index in [0.717, 1.165) is 22.6 Å². The summed E-state index contributed by atoms with van der Waals surface area (Å²) in [5.74, 6) is -4.50. The molecule has 0 aromatic heterocycles. The Hall–Kier alpha value is -4.35. The number of hydrogen-bond donors (Lipinski definition) is 4. The van der Waals surface area contributed by atoms with Gasteiger partial charge < -0.3 is 39.7 Å². The maximum Gasteiger partial charge on any atom is 0.311 e. The first kappa shape index (κ1) is 46.3. The predicted molar refractivity (Wildman–Crippen MR) is 207 cm³/mol. The van der Waals surface area contributed by atoms with Crippen LogP contribution in [0.1, 0.15) is 84.4 Å². The van der Waals surface area contributed by atoms with Gasteiger partial charge in [-0.3, -0.25) is 38.5 Å². The zero-order valence-electron chi connectivity index (χ0n) is 34.5. The smallest absolute Gasteiger partial charge is 0.311 e. The highest BCUT2D eigenvalue weighted by Crippen LogP contribution is 2.28. The molecule has 1 unspecified atom stereocenters. The molecule has 8 atom stereocenters. The Labute approximate surface area is 339 Å². The molecule has 0 radical (unpaired) electrons. The third-order valence-corrected chi connectivity index (χ3v) is 10.9. The fraction of sp³-hybridized carbons (Fsp3) is 0.643. The van der Waals surface area contributed by atoms with E-state index < -0.39 is 89.3 Å². The van der Waals surface area contributed by atoms with E-state index in [9.17, 15) is 48.9 Å². The molecular weight excluding hydrogens is 754 g/mol. The Kier molecular flexibility index (Phi) is 16.0. The first-order valence-corrected chi connectivity index (χ1v) is 19.9. The molecule has 3 aliphatic heterocycles. The second kappa shape index (κ2) is 20.1. The standard InChI is InChI=1S/C42H59N3O13/c1-8-56-21-28-17-31(45-35(49)13-14-36(45)50)40(54)44(28)19-29(46)18-30(23(2)3)39(53)43-24(4)32(47)16-25-9-10-27(20-58-41(55)42(5,6)7)26(15-25)11-12-34-38(52)37(51)33(48)22-57-34/h9-10,13-15,23-24,28,30-31,33-34,37-38,48,51-52H,8,11-12,16-22H2,1-7H3,(H,43,53)/t24-,28-,30-,31+,33+,34?,37-,38-/m0/s1. The summed E-state index contributed by atoms with van der Waals surface area (Å²) in [6.07, 6.45) is -2.03. The molecule has 0 spiro atoms. The molecule has 1 aromatic carbocycles. The van der Waals surface area contributed by atoms with Crippen molar-refractivity contribution in [3.8, 4) is 0 Å². The maximum atomic E-state index is 13.6. The van der Waals surface area contributed by atoms with Gasteiger partial charge in [0.25, 0.3) is 11.8 Å². The number of rotatable bonds is 19. The molecule has 1 aromatic rings. The van der Waals surface area contributed by atoms with Crippen molar-refractivity contribution < 1.29 is 63.1 Å². The van der Waals surface area contributed by atoms with Crippen molar-refractivity contribution in [1.82, 2.24) is 15.1 Å². The zero-order valence-corrected chi connectivity index (χ0v) is 34.5. The average Bonchev–Trinajstić information content (AvgIpc) is 3.65. The van der Waals surface area contributed by atoms with Crippen molar-refractivity contribution >= 4 is 41.2 Å². The number of nitrogens with one attached hydrogen (secondary N) is 1. The Balaban J connectivity index is 1.40. The lowest BCUT2D eigenvalue weighted by Crippen LogP contribution is -2.52. The van der Waals surface area contributed by atoms with Crippen LogP contribution in [0.15, 0.2) is 30.4 Å². The van der Waals surface area contributed by atoms with Crippen LogP contribution in [0.4, 0.5) is 0 Å². The molecule has 3 aliphatic rings. The van der Waals surface area contributed by atoms with Gasteiger partial charge in [0, 0.05) is 43.9 Å². The summed E-state index contributed by atoms with van der Waals surface area (Å²) < 4.78 is 16.7. The van der Waals surface area contributed by atoms with Gasteiger partial charge in [0.2, 0.25) is 11.8 Å². The number of ether oxygens (including phenoxy) is 3. The van der Waals surface area contributed by atoms with E-state index >= 15 is 0 Å². The molecule has 16 nitrogen and oxygen atoms in total. The van der Waals surface area contributed by atoms with Gasteiger partial charge in [0.05, 0.1) is 43.4 Å². The van der Waals surface area contributed by atoms with E-state index in [1.807, 2.05) is 0 Å². The van der Waals surface area contributed by atoms with E-state index in [0.29, 0.717) is 24.2 Å². The summed E-state index contributed by atoms with van der Waals surface area (Å²) in [4.78, 5) is 93.5. The number of amides is 4. The number of esters is 1. The van der Waals surface area contributed by atoms with Crippen LogP contribution < -0.4 is 5.32 Å². The lowest BCUT2D eigenvalue weighted by molar-refractivity contribution is -0.188. The molecule has 3 heterocycles. The number of imide groups is 1. The topological polar surface area (TPSA) is 226 Å². The van der Waals surface area contributed by atoms with E-state index in [1.165, 1.54) is 4.90 Å². The molecule has 4 amide bonds. The highest BCUT2D eigenvalue weighted by molar-refractivity contribution is 6.15. The number of ketones is 2. The number of Topliss-reactive ketones (excluding diaryl/α,β-unsaturated/α-hetero) is 2. The minimum Gasteiger partial charge on any atom is -0.460 e. The molecule has 320 valence electrons. The second-order valence-electron chi connectivity index (χ2n) is 16.8. The average molecular weight is 814 g/mol. The number of nitrogens with zero attached hydrogens (tertiary/aromatic N) is 2. The molecule has 2 fully saturated rings. The summed E-state index contributed by atoms with van der Waals surface area (Å²) in [5, 5.41) is 33.2. The summed E-state index contributed by atoms with van der Waals surface area (Å²) in [6, 6.07) is 2.71. The molecule has 4 rings (SSSR count). The van der Waals surface area contributed by atoms with Crippen molar-refractivity contribution in [3.05, 3.63) is 47.0 Å². The van der Waals surface area contributed by atoms with Crippen LogP contribution in [0.5, 0.6) is 0 Å². The van der Waals surface area contributed by atoms with Crippen LogP contribution in [-0.2, 0) is 67.2 Å². The van der Waals surface area contributed by atoms with Crippen LogP contribution in [0.2, 0.25) is 0 Å². The monoisotopic (exact) mass is 813 g/mol. The van der Waals surface area contributed by atoms with Crippen LogP contribution in [0, 0.1) is 17.3 Å². The van der Waals surface area contributed by atoms with Crippen molar-refractivity contribution in [3.63, 3.8) is 0 Å². The number of aryl methyl sites for hydroxylation is 1. The lowest BCUT2D eigenvalue weighted by Gasteiger charge is -2.35. The molecule has 0 bridgehead atoms. The Morgan fingerprint density at radius 2 is 1.66 bits per heavy atom. The van der Waals surface area contributed by atoms with Gasteiger partial charge in [-0.25, -0.2) is 0 Å². The number of carbonyl (C=O) groups is 7. The number of benzene rings is 1. The third-order valence-electron chi connectivity index (χ3n) is 10.9. The lowest BCUT2D eigenvalue weighted by atomic mass is 9.89. The SMILES string of the molecule is CCOC[C@@H]1C[C@@H](N2C(=O)C=CC2=O)C(=O)N1CC(=O)C[C@H](C(=O)N[C@@H](C)C(=O)Cc1ccc(COC(=O)C(C)(C)C)c(CCC2OC[C@@H](O)[C@H](O)[C@H]2O)c1)C(C)C. The van der Waals surface area contributed by atoms with E-state index in [-0.39, 0.29) is 63.7 Å². The third kappa shape index (κ3) is 11.6. The van der Waals surface area contributed by atoms with Crippen LogP contribution >= 0.6 is 0 Å². The van der Waals surface area contributed by atoms with Crippen LogP contribution in [-0.4, -0.2) is 135 Å². The molecule has 58 heavy (non-hydrogen) atoms. The first-order chi connectivity index (χ1) is 27.2. The minimum atomic E-state index is -1.36. The number of aliphatic hydroxyl groups excluding tert-OH is 3. The van der Waals surface area contributed by atoms with Gasteiger partial charge in [-0.15, -0.1) is 0 Å². The fourth-order valence-corrected chi connectivity index (χ4v) is 7.24. The highest BCUT2D eigenvalue weighted by Gasteiger charge is 2.47. The highest BCUT2D eigenvalue weighted by atomic mass is 16.5. The molecule has 16 heteroatoms. The van der Waals surface area contributed by atoms with Crippen molar-refractivity contribution in [1.29, 1.82) is 0 Å². The summed E-state index contributed by atoms with van der Waals surface area (Å²) in [7, 11) is 0. The first-order valence-electron chi connectivity index (χ1n) is 19.9. The maximum absolute atomic E-state index is 13.6. The molecular formula is C42H59N3O13. The van der Waals surface area contributed by atoms with Gasteiger partial charge in [-0.05, 0) is 70.1 Å². The number of carbonyl (C=O) groups excluding carboxylic acids is 7. The van der Waals surface area contributed by atoms with Crippen LogP contribution in [0.25, 0.3) is 0 Å². The van der Waals surface area contributed by atoms with Gasteiger partial charge in [-0.1, -0.05) is 32.0 Å². The Morgan fingerprint density at radius 1 is 0.983 bits per heavy atom. The fourth-order valence-electron chi connectivity index (χ4n) is 7.24.